The van der Waals surface area contributed by atoms with E-state index >= 15 is 0 Å². The van der Waals surface area contributed by atoms with E-state index in [1.807, 2.05) is 6.92 Å². The van der Waals surface area contributed by atoms with Gasteiger partial charge in [-0.25, -0.2) is 0 Å². The Morgan fingerprint density at radius 1 is 0.900 bits per heavy atom. The molecule has 18 atom stereocenters. The summed E-state index contributed by atoms with van der Waals surface area (Å²) in [5, 5.41) is 60.4. The van der Waals surface area contributed by atoms with Crippen LogP contribution in [0.3, 0.4) is 0 Å². The van der Waals surface area contributed by atoms with Gasteiger partial charge in [0.2, 0.25) is 0 Å². The first-order valence-electron chi connectivity index (χ1n) is 18.1. The highest BCUT2D eigenvalue weighted by Crippen LogP contribution is 2.40. The average molecular weight is 720 g/mol. The van der Waals surface area contributed by atoms with Gasteiger partial charge in [-0.2, -0.15) is 0 Å². The third-order valence-corrected chi connectivity index (χ3v) is 11.6. The van der Waals surface area contributed by atoms with Crippen LogP contribution in [0.5, 0.6) is 0 Å². The van der Waals surface area contributed by atoms with Crippen LogP contribution in [0.15, 0.2) is 0 Å². The fourth-order valence-electron chi connectivity index (χ4n) is 8.21. The summed E-state index contributed by atoms with van der Waals surface area (Å²) in [6, 6.07) is -0.375. The molecule has 0 aromatic heterocycles. The lowest BCUT2D eigenvalue weighted by molar-refractivity contribution is -0.316. The zero-order chi connectivity index (χ0) is 38.1. The Balaban J connectivity index is 2.17. The monoisotopic (exact) mass is 719 g/mol. The summed E-state index contributed by atoms with van der Waals surface area (Å²) < 4.78 is 36.9. The average Bonchev–Trinajstić information content (AvgIpc) is 3.05. The Bertz CT molecular complexity index is 1140. The van der Waals surface area contributed by atoms with E-state index in [1.165, 1.54) is 27.9 Å². The molecule has 3 aliphatic rings. The predicted molar refractivity (Wildman–Crippen MR) is 182 cm³/mol. The first-order chi connectivity index (χ1) is 23.1. The van der Waals surface area contributed by atoms with Gasteiger partial charge < -0.3 is 59.3 Å². The smallest absolute Gasteiger partial charge is 0.311 e. The van der Waals surface area contributed by atoms with E-state index in [1.54, 1.807) is 48.6 Å². The lowest BCUT2D eigenvalue weighted by atomic mass is 9.74. The number of aliphatic hydroxyl groups is 5. The molecule has 3 heterocycles. The van der Waals surface area contributed by atoms with Crippen LogP contribution in [-0.4, -0.2) is 136 Å². The van der Waals surface area contributed by atoms with Gasteiger partial charge in [-0.3, -0.25) is 9.59 Å². The Morgan fingerprint density at radius 2 is 1.52 bits per heavy atom. The van der Waals surface area contributed by atoms with Crippen LogP contribution in [0.1, 0.15) is 94.9 Å². The third-order valence-electron chi connectivity index (χ3n) is 11.6. The van der Waals surface area contributed by atoms with Gasteiger partial charge in [0.05, 0.1) is 47.6 Å². The lowest BCUT2D eigenvalue weighted by Crippen LogP contribution is -2.61. The van der Waals surface area contributed by atoms with Gasteiger partial charge in [-0.05, 0) is 67.9 Å². The van der Waals surface area contributed by atoms with Crippen molar-refractivity contribution in [3.05, 3.63) is 0 Å². The summed E-state index contributed by atoms with van der Waals surface area (Å²) in [6.45, 7) is 16.3. The van der Waals surface area contributed by atoms with Crippen molar-refractivity contribution in [1.29, 1.82) is 0 Å². The summed E-state index contributed by atoms with van der Waals surface area (Å²) in [4.78, 5) is 27.8. The molecule has 14 nitrogen and oxygen atoms in total. The van der Waals surface area contributed by atoms with Crippen LogP contribution in [0.25, 0.3) is 0 Å². The molecule has 0 aromatic carbocycles. The summed E-state index contributed by atoms with van der Waals surface area (Å²) >= 11 is 0. The van der Waals surface area contributed by atoms with E-state index in [0.717, 1.165) is 0 Å². The number of likely N-dealkylation sites (N-methyl/N-ethyl adjacent to an activating group) is 1. The molecule has 3 fully saturated rings. The van der Waals surface area contributed by atoms with Crippen molar-refractivity contribution in [2.75, 3.05) is 14.2 Å². The van der Waals surface area contributed by atoms with Crippen molar-refractivity contribution >= 4 is 11.8 Å². The minimum absolute atomic E-state index is 0.0929. The lowest BCUT2D eigenvalue weighted by Gasteiger charge is -2.48. The third kappa shape index (κ3) is 9.07. The Morgan fingerprint density at radius 3 is 2.08 bits per heavy atom. The molecule has 6 N–H and O–H groups in total. The molecule has 0 aromatic rings. The number of rotatable bonds is 7. The highest BCUT2D eigenvalue weighted by atomic mass is 16.7. The first-order valence-corrected chi connectivity index (χ1v) is 18.1. The van der Waals surface area contributed by atoms with Gasteiger partial charge in [0.25, 0.3) is 0 Å². The van der Waals surface area contributed by atoms with Crippen LogP contribution in [-0.2, 0) is 38.0 Å². The SMILES string of the molecule is CC[C@H]1OC(=O)[C@H](C)[C@@H](OC2CC(C)(OC)C(O)C(C)O2)[C@H](C)C(OC2OC(C)CC(NC)C2O)[C@](C)(O)C[C@@H](C)C(=O)[C@H](C)[C@@H](O)[C@]1(C)O. The van der Waals surface area contributed by atoms with Crippen LogP contribution in [0.4, 0.5) is 0 Å². The van der Waals surface area contributed by atoms with Gasteiger partial charge in [-0.1, -0.05) is 27.7 Å². The number of carbonyl (C=O) groups excluding carboxylic acids is 2. The van der Waals surface area contributed by atoms with Crippen molar-refractivity contribution in [2.24, 2.45) is 23.7 Å². The van der Waals surface area contributed by atoms with E-state index in [-0.39, 0.29) is 31.4 Å². The maximum atomic E-state index is 14.0. The molecule has 0 radical (unpaired) electrons. The minimum atomic E-state index is -1.99. The molecule has 0 spiro atoms. The summed E-state index contributed by atoms with van der Waals surface area (Å²) in [5.41, 5.74) is -4.84. The molecule has 50 heavy (non-hydrogen) atoms. The summed E-state index contributed by atoms with van der Waals surface area (Å²) in [7, 11) is 3.20. The van der Waals surface area contributed by atoms with E-state index < -0.39 is 108 Å². The fourth-order valence-corrected chi connectivity index (χ4v) is 8.21. The van der Waals surface area contributed by atoms with Gasteiger partial charge in [0, 0.05) is 37.3 Å². The number of hydrogen-bond acceptors (Lipinski definition) is 14. The number of ether oxygens (including phenoxy) is 6. The normalized spacial score (nSPS) is 50.4. The van der Waals surface area contributed by atoms with E-state index in [0.29, 0.717) is 6.42 Å². The predicted octanol–water partition coefficient (Wildman–Crippen LogP) is 1.44. The molecular formula is C36H65NO13. The van der Waals surface area contributed by atoms with E-state index in [2.05, 4.69) is 5.32 Å². The second-order valence-corrected chi connectivity index (χ2v) is 15.8. The number of cyclic esters (lactones) is 1. The Hall–Kier alpha value is -1.30. The van der Waals surface area contributed by atoms with Crippen molar-refractivity contribution < 1.29 is 63.5 Å². The van der Waals surface area contributed by atoms with Gasteiger partial charge in [-0.15, -0.1) is 0 Å². The Labute approximate surface area is 297 Å². The topological polar surface area (TPSA) is 203 Å². The second kappa shape index (κ2) is 16.8. The molecule has 3 aliphatic heterocycles. The number of methoxy groups -OCH3 is 1. The number of esters is 1. The van der Waals surface area contributed by atoms with Crippen LogP contribution in [0.2, 0.25) is 0 Å². The van der Waals surface area contributed by atoms with E-state index in [9.17, 15) is 35.1 Å². The second-order valence-electron chi connectivity index (χ2n) is 15.8. The zero-order valence-corrected chi connectivity index (χ0v) is 32.0. The number of ketones is 1. The molecule has 3 rings (SSSR count). The minimum Gasteiger partial charge on any atom is -0.459 e. The van der Waals surface area contributed by atoms with Crippen LogP contribution in [0, 0.1) is 23.7 Å². The number of aliphatic hydroxyl groups excluding tert-OH is 3. The quantitative estimate of drug-likeness (QED) is 0.206. The molecular weight excluding hydrogens is 654 g/mol. The van der Waals surface area contributed by atoms with Crippen LogP contribution >= 0.6 is 0 Å². The number of nitrogens with one attached hydrogen (secondary N) is 1. The molecule has 9 unspecified atom stereocenters. The summed E-state index contributed by atoms with van der Waals surface area (Å²) in [5.74, 6) is -4.98. The van der Waals surface area contributed by atoms with Crippen molar-refractivity contribution in [2.45, 2.75) is 179 Å². The highest BCUT2D eigenvalue weighted by Gasteiger charge is 2.53. The van der Waals surface area contributed by atoms with Crippen molar-refractivity contribution in [1.82, 2.24) is 5.32 Å². The van der Waals surface area contributed by atoms with Gasteiger partial charge >= 0.3 is 5.97 Å². The van der Waals surface area contributed by atoms with Gasteiger partial charge in [0.1, 0.15) is 29.7 Å². The molecule has 0 bridgehead atoms. The number of carbonyl (C=O) groups is 2. The molecule has 14 heteroatoms. The van der Waals surface area contributed by atoms with Crippen LogP contribution < -0.4 is 5.32 Å². The Kier molecular flexibility index (Phi) is 14.5. The standard InChI is InChI=1S/C36H65NO13/c1-13-24-36(10,44)29(40)19(4)26(38)17(2)15-34(8,43)31(50-33-27(39)23(37-11)14-18(3)46-33)20(5)28(21(6)32(42)48-24)49-25-16-35(9,45-12)30(41)22(7)47-25/h17-25,27-31,33,37,39-41,43-44H,13-16H2,1-12H3/t17-,18?,19+,20+,21-,22?,23?,24-,25?,27?,28+,29-,30?,31?,33?,34-,35?,36-/m1/s1. The highest BCUT2D eigenvalue weighted by molar-refractivity contribution is 5.83. The molecule has 3 saturated heterocycles. The largest absolute Gasteiger partial charge is 0.459 e. The van der Waals surface area contributed by atoms with E-state index in [4.69, 9.17) is 28.4 Å². The zero-order valence-electron chi connectivity index (χ0n) is 32.0. The van der Waals surface area contributed by atoms with Crippen molar-refractivity contribution in [3.63, 3.8) is 0 Å². The maximum absolute atomic E-state index is 14.0. The van der Waals surface area contributed by atoms with Gasteiger partial charge in [0.15, 0.2) is 12.6 Å². The molecule has 0 aliphatic carbocycles. The maximum Gasteiger partial charge on any atom is 0.311 e. The molecule has 0 saturated carbocycles. The number of Topliss-reactive ketones (excluding diaryl/α,β-unsaturated/α-hetero) is 1. The number of hydrogen-bond donors (Lipinski definition) is 6. The molecule has 0 amide bonds. The van der Waals surface area contributed by atoms with Crippen molar-refractivity contribution in [3.8, 4) is 0 Å². The first kappa shape index (κ1) is 43.1. The molecule has 292 valence electrons. The fraction of sp³-hybridized carbons (Fsp3) is 0.944. The summed E-state index contributed by atoms with van der Waals surface area (Å²) in [6.07, 6.45) is -9.76.